The number of methoxy groups -OCH3 is 1. The van der Waals surface area contributed by atoms with Gasteiger partial charge in [-0.25, -0.2) is 4.79 Å². The molecular formula is C26H38O14. The van der Waals surface area contributed by atoms with Crippen LogP contribution in [0.25, 0.3) is 0 Å². The van der Waals surface area contributed by atoms with Crippen molar-refractivity contribution in [3.63, 3.8) is 0 Å². The Labute approximate surface area is 229 Å². The standard InChI is InChI=1S/C26H38O14/c1-7-14(27)17(30)20(33)23(38-7)11-5-10(26(36)37-4)6-12(24-21(34)18(31)15(28)8(2)39-24)13(11)25-22(35)19(32)16(29)9(3)40-25/h5-9,14-25,27-35H,1-4H3/t7-,8-,9-,14+,15+,16+,17+,18+,19+,20-,21-,22-,23?,24?,25?/m0/s1. The highest BCUT2D eigenvalue weighted by molar-refractivity contribution is 5.90. The van der Waals surface area contributed by atoms with Gasteiger partial charge in [0.1, 0.15) is 73.2 Å². The zero-order valence-corrected chi connectivity index (χ0v) is 22.4. The molecular weight excluding hydrogens is 536 g/mol. The molecule has 1 aromatic carbocycles. The summed E-state index contributed by atoms with van der Waals surface area (Å²) in [6, 6.07) is 2.50. The van der Waals surface area contributed by atoms with Gasteiger partial charge in [0.15, 0.2) is 0 Å². The van der Waals surface area contributed by atoms with Gasteiger partial charge in [-0.3, -0.25) is 0 Å². The van der Waals surface area contributed by atoms with E-state index in [4.69, 9.17) is 18.9 Å². The van der Waals surface area contributed by atoms with Gasteiger partial charge in [0, 0.05) is 0 Å². The molecule has 9 N–H and O–H groups in total. The molecule has 14 nitrogen and oxygen atoms in total. The number of aliphatic hydroxyl groups is 9. The normalized spacial score (nSPS) is 46.2. The van der Waals surface area contributed by atoms with Crippen molar-refractivity contribution in [2.75, 3.05) is 7.11 Å². The highest BCUT2D eigenvalue weighted by atomic mass is 16.6. The van der Waals surface area contributed by atoms with Crippen molar-refractivity contribution in [3.05, 3.63) is 34.4 Å². The number of hydrogen-bond donors (Lipinski definition) is 9. The molecule has 0 saturated carbocycles. The van der Waals surface area contributed by atoms with Crippen molar-refractivity contribution in [2.45, 2.75) is 112 Å². The average molecular weight is 575 g/mol. The summed E-state index contributed by atoms with van der Waals surface area (Å²) in [5, 5.41) is 95.5. The van der Waals surface area contributed by atoms with E-state index in [1.54, 1.807) is 0 Å². The molecule has 0 radical (unpaired) electrons. The van der Waals surface area contributed by atoms with Gasteiger partial charge >= 0.3 is 5.97 Å². The van der Waals surface area contributed by atoms with E-state index in [-0.39, 0.29) is 22.3 Å². The number of carbonyl (C=O) groups excluding carboxylic acids is 1. The lowest BCUT2D eigenvalue weighted by Crippen LogP contribution is -2.56. The minimum atomic E-state index is -1.78. The van der Waals surface area contributed by atoms with Crippen LogP contribution in [0.5, 0.6) is 0 Å². The Morgan fingerprint density at radius 1 is 0.575 bits per heavy atom. The fourth-order valence-corrected chi connectivity index (χ4v) is 5.64. The maximum Gasteiger partial charge on any atom is 0.337 e. The molecule has 15 atom stereocenters. The second-order valence-corrected chi connectivity index (χ2v) is 10.8. The Morgan fingerprint density at radius 3 is 1.25 bits per heavy atom. The predicted octanol–water partition coefficient (Wildman–Crippen LogP) is -2.90. The molecule has 14 heteroatoms. The van der Waals surface area contributed by atoms with Crippen LogP contribution in [0, 0.1) is 0 Å². The second-order valence-electron chi connectivity index (χ2n) is 10.8. The van der Waals surface area contributed by atoms with Crippen LogP contribution in [0.2, 0.25) is 0 Å². The number of carbonyl (C=O) groups is 1. The molecule has 1 aromatic rings. The molecule has 0 aromatic heterocycles. The Morgan fingerprint density at radius 2 is 0.900 bits per heavy atom. The Balaban J connectivity index is 2.00. The van der Waals surface area contributed by atoms with E-state index in [1.165, 1.54) is 32.9 Å². The first-order chi connectivity index (χ1) is 18.7. The van der Waals surface area contributed by atoms with Gasteiger partial charge in [-0.2, -0.15) is 0 Å². The summed E-state index contributed by atoms with van der Waals surface area (Å²) in [5.74, 6) is -0.860. The first kappa shape index (κ1) is 31.2. The average Bonchev–Trinajstić information content (AvgIpc) is 2.94. The summed E-state index contributed by atoms with van der Waals surface area (Å²) in [6.07, 6.45) is -22.2. The van der Waals surface area contributed by atoms with Crippen LogP contribution in [0.4, 0.5) is 0 Å². The molecule has 3 fully saturated rings. The SMILES string of the molecule is COC(=O)c1cc(C2O[C@@H](C)[C@@H](O)[C@@H](O)[C@@H]2O)c(C2O[C@@H](C)[C@@H](O)[C@@H](O)[C@@H]2O)c(C2O[C@@H](C)[C@@H](O)[C@@H](O)[C@@H]2O)c1. The van der Waals surface area contributed by atoms with Crippen molar-refractivity contribution in [1.82, 2.24) is 0 Å². The number of esters is 1. The molecule has 40 heavy (non-hydrogen) atoms. The van der Waals surface area contributed by atoms with E-state index in [0.29, 0.717) is 0 Å². The largest absolute Gasteiger partial charge is 0.465 e. The van der Waals surface area contributed by atoms with E-state index < -0.39 is 97.5 Å². The van der Waals surface area contributed by atoms with Crippen LogP contribution < -0.4 is 0 Å². The van der Waals surface area contributed by atoms with Gasteiger partial charge in [-0.15, -0.1) is 0 Å². The van der Waals surface area contributed by atoms with Gasteiger partial charge in [-0.05, 0) is 49.6 Å². The molecule has 4 rings (SSSR count). The lowest BCUT2D eigenvalue weighted by atomic mass is 9.78. The Kier molecular flexibility index (Phi) is 9.22. The number of hydrogen-bond acceptors (Lipinski definition) is 14. The lowest BCUT2D eigenvalue weighted by Gasteiger charge is -2.45. The van der Waals surface area contributed by atoms with E-state index in [0.717, 1.165) is 7.11 Å². The predicted molar refractivity (Wildman–Crippen MR) is 132 cm³/mol. The van der Waals surface area contributed by atoms with Crippen LogP contribution in [0.3, 0.4) is 0 Å². The summed E-state index contributed by atoms with van der Waals surface area (Å²) in [7, 11) is 1.12. The van der Waals surface area contributed by atoms with Gasteiger partial charge in [0.25, 0.3) is 0 Å². The molecule has 0 aliphatic carbocycles. The number of aliphatic hydroxyl groups excluding tert-OH is 9. The Hall–Kier alpha value is -1.79. The zero-order chi connectivity index (χ0) is 29.8. The van der Waals surface area contributed by atoms with Crippen LogP contribution in [-0.4, -0.2) is 132 Å². The molecule has 0 amide bonds. The first-order valence-corrected chi connectivity index (χ1v) is 13.1. The second kappa shape index (κ2) is 11.8. The maximum absolute atomic E-state index is 12.7. The van der Waals surface area contributed by atoms with Crippen molar-refractivity contribution < 1.29 is 69.7 Å². The topological polar surface area (TPSA) is 236 Å². The van der Waals surface area contributed by atoms with E-state index in [2.05, 4.69) is 0 Å². The number of rotatable bonds is 4. The van der Waals surface area contributed by atoms with Gasteiger partial charge < -0.3 is 64.9 Å². The number of ether oxygens (including phenoxy) is 4. The van der Waals surface area contributed by atoms with Crippen LogP contribution in [0.1, 0.15) is 66.1 Å². The van der Waals surface area contributed by atoms with Crippen molar-refractivity contribution in [1.29, 1.82) is 0 Å². The van der Waals surface area contributed by atoms with Crippen LogP contribution >= 0.6 is 0 Å². The monoisotopic (exact) mass is 574 g/mol. The van der Waals surface area contributed by atoms with Crippen LogP contribution in [-0.2, 0) is 18.9 Å². The van der Waals surface area contributed by atoms with E-state index in [9.17, 15) is 50.8 Å². The van der Waals surface area contributed by atoms with E-state index in [1.807, 2.05) is 0 Å². The number of benzene rings is 1. The first-order valence-electron chi connectivity index (χ1n) is 13.1. The zero-order valence-electron chi connectivity index (χ0n) is 22.4. The summed E-state index contributed by atoms with van der Waals surface area (Å²) in [5.41, 5.74) is -0.278. The van der Waals surface area contributed by atoms with E-state index >= 15 is 0 Å². The highest BCUT2D eigenvalue weighted by Crippen LogP contribution is 2.46. The highest BCUT2D eigenvalue weighted by Gasteiger charge is 2.50. The summed E-state index contributed by atoms with van der Waals surface area (Å²) in [4.78, 5) is 12.7. The lowest BCUT2D eigenvalue weighted by molar-refractivity contribution is -0.230. The van der Waals surface area contributed by atoms with Crippen LogP contribution in [0.15, 0.2) is 12.1 Å². The molecule has 226 valence electrons. The molecule has 3 aliphatic rings. The molecule has 0 bridgehead atoms. The smallest absolute Gasteiger partial charge is 0.337 e. The fraction of sp³-hybridized carbons (Fsp3) is 0.731. The third-order valence-electron chi connectivity index (χ3n) is 8.12. The van der Waals surface area contributed by atoms with Gasteiger partial charge in [-0.1, -0.05) is 0 Å². The summed E-state index contributed by atoms with van der Waals surface area (Å²) >= 11 is 0. The molecule has 3 aliphatic heterocycles. The van der Waals surface area contributed by atoms with Crippen molar-refractivity contribution in [3.8, 4) is 0 Å². The molecule has 3 heterocycles. The van der Waals surface area contributed by atoms with Gasteiger partial charge in [0.05, 0.1) is 31.0 Å². The van der Waals surface area contributed by atoms with Crippen molar-refractivity contribution >= 4 is 5.97 Å². The quantitative estimate of drug-likeness (QED) is 0.164. The maximum atomic E-state index is 12.7. The third-order valence-corrected chi connectivity index (χ3v) is 8.12. The Bertz CT molecular complexity index is 1010. The fourth-order valence-electron chi connectivity index (χ4n) is 5.64. The van der Waals surface area contributed by atoms with Gasteiger partial charge in [0.2, 0.25) is 0 Å². The minimum Gasteiger partial charge on any atom is -0.465 e. The molecule has 3 saturated heterocycles. The third kappa shape index (κ3) is 5.28. The molecule has 3 unspecified atom stereocenters. The van der Waals surface area contributed by atoms with Crippen molar-refractivity contribution in [2.24, 2.45) is 0 Å². The summed E-state index contributed by atoms with van der Waals surface area (Å²) in [6.45, 7) is 4.33. The molecule has 0 spiro atoms. The minimum absolute atomic E-state index is 0.0439. The summed E-state index contributed by atoms with van der Waals surface area (Å²) < 4.78 is 22.5.